The molecule has 2 aromatic rings. The molecule has 1 aliphatic carbocycles. The van der Waals surface area contributed by atoms with Gasteiger partial charge in [-0.05, 0) is 42.0 Å². The van der Waals surface area contributed by atoms with Crippen LogP contribution in [0.3, 0.4) is 0 Å². The van der Waals surface area contributed by atoms with Crippen LogP contribution >= 0.6 is 23.2 Å². The van der Waals surface area contributed by atoms with Crippen LogP contribution in [0.5, 0.6) is 0 Å². The van der Waals surface area contributed by atoms with Gasteiger partial charge in [0.1, 0.15) is 0 Å². The van der Waals surface area contributed by atoms with Crippen LogP contribution in [0.15, 0.2) is 48.6 Å². The molecule has 1 heterocycles. The molecule has 0 amide bonds. The molecule has 2 aliphatic rings. The highest BCUT2D eigenvalue weighted by atomic mass is 35.5. The second kappa shape index (κ2) is 5.33. The first-order valence-corrected chi connectivity index (χ1v) is 8.39. The SMILES string of the molecule is Cc1cccc2c1N[C@H](c1cccc(Cl)c1Cl)[C@@H]1CC=C[C@@H]21. The summed E-state index contributed by atoms with van der Waals surface area (Å²) in [5.41, 5.74) is 5.02. The van der Waals surface area contributed by atoms with Crippen LogP contribution in [0.4, 0.5) is 5.69 Å². The van der Waals surface area contributed by atoms with E-state index in [2.05, 4.69) is 48.7 Å². The summed E-state index contributed by atoms with van der Waals surface area (Å²) in [7, 11) is 0. The number of fused-ring (bicyclic) bond motifs is 3. The van der Waals surface area contributed by atoms with Crippen molar-refractivity contribution in [3.05, 3.63) is 75.3 Å². The van der Waals surface area contributed by atoms with Crippen LogP contribution in [-0.2, 0) is 0 Å². The largest absolute Gasteiger partial charge is 0.377 e. The lowest BCUT2D eigenvalue weighted by molar-refractivity contribution is 0.425. The molecule has 2 aromatic carbocycles. The molecule has 0 saturated heterocycles. The van der Waals surface area contributed by atoms with Gasteiger partial charge in [-0.25, -0.2) is 0 Å². The van der Waals surface area contributed by atoms with Gasteiger partial charge in [0.25, 0.3) is 0 Å². The third kappa shape index (κ3) is 2.07. The Hall–Kier alpha value is -1.44. The van der Waals surface area contributed by atoms with E-state index in [4.69, 9.17) is 23.2 Å². The first-order valence-electron chi connectivity index (χ1n) is 7.63. The van der Waals surface area contributed by atoms with E-state index >= 15 is 0 Å². The van der Waals surface area contributed by atoms with Crippen LogP contribution in [0.1, 0.15) is 35.1 Å². The molecule has 0 aromatic heterocycles. The zero-order valence-electron chi connectivity index (χ0n) is 12.3. The van der Waals surface area contributed by atoms with Gasteiger partial charge in [-0.3, -0.25) is 0 Å². The number of hydrogen-bond acceptors (Lipinski definition) is 1. The Balaban J connectivity index is 1.86. The summed E-state index contributed by atoms with van der Waals surface area (Å²) in [6.45, 7) is 2.15. The molecular weight excluding hydrogens is 313 g/mol. The molecule has 0 unspecified atom stereocenters. The highest BCUT2D eigenvalue weighted by Crippen LogP contribution is 2.51. The number of halogens is 2. The van der Waals surface area contributed by atoms with Crippen molar-refractivity contribution < 1.29 is 0 Å². The number of nitrogens with one attached hydrogen (secondary N) is 1. The van der Waals surface area contributed by atoms with E-state index in [0.29, 0.717) is 21.9 Å². The molecule has 22 heavy (non-hydrogen) atoms. The number of anilines is 1. The maximum atomic E-state index is 6.49. The summed E-state index contributed by atoms with van der Waals surface area (Å²) < 4.78 is 0. The summed E-state index contributed by atoms with van der Waals surface area (Å²) in [6.07, 6.45) is 5.70. The molecular formula is C19H17Cl2N. The third-order valence-corrected chi connectivity index (χ3v) is 5.76. The minimum absolute atomic E-state index is 0.194. The van der Waals surface area contributed by atoms with E-state index < -0.39 is 0 Å². The van der Waals surface area contributed by atoms with E-state index in [1.54, 1.807) is 0 Å². The quantitative estimate of drug-likeness (QED) is 0.620. The maximum absolute atomic E-state index is 6.49. The second-order valence-electron chi connectivity index (χ2n) is 6.16. The predicted molar refractivity (Wildman–Crippen MR) is 94.0 cm³/mol. The van der Waals surface area contributed by atoms with Crippen molar-refractivity contribution in [3.63, 3.8) is 0 Å². The summed E-state index contributed by atoms with van der Waals surface area (Å²) in [5.74, 6) is 0.946. The van der Waals surface area contributed by atoms with Crippen LogP contribution in [0.25, 0.3) is 0 Å². The smallest absolute Gasteiger partial charge is 0.0645 e. The number of rotatable bonds is 1. The molecule has 0 spiro atoms. The van der Waals surface area contributed by atoms with E-state index in [9.17, 15) is 0 Å². The molecule has 0 saturated carbocycles. The van der Waals surface area contributed by atoms with Crippen molar-refractivity contribution in [2.24, 2.45) is 5.92 Å². The fourth-order valence-corrected chi connectivity index (χ4v) is 4.27. The Bertz CT molecular complexity index is 766. The second-order valence-corrected chi connectivity index (χ2v) is 6.94. The molecule has 1 N–H and O–H groups in total. The van der Waals surface area contributed by atoms with Crippen molar-refractivity contribution in [3.8, 4) is 0 Å². The van der Waals surface area contributed by atoms with Gasteiger partial charge >= 0.3 is 0 Å². The van der Waals surface area contributed by atoms with Crippen molar-refractivity contribution in [2.75, 3.05) is 5.32 Å². The van der Waals surface area contributed by atoms with Crippen LogP contribution in [-0.4, -0.2) is 0 Å². The van der Waals surface area contributed by atoms with Crippen LogP contribution < -0.4 is 5.32 Å². The Morgan fingerprint density at radius 1 is 1.05 bits per heavy atom. The third-order valence-electron chi connectivity index (χ3n) is 4.92. The average Bonchev–Trinajstić information content (AvgIpc) is 3.00. The minimum Gasteiger partial charge on any atom is -0.377 e. The average molecular weight is 330 g/mol. The van der Waals surface area contributed by atoms with Gasteiger partial charge in [-0.1, -0.05) is 65.7 Å². The monoisotopic (exact) mass is 329 g/mol. The lowest BCUT2D eigenvalue weighted by atomic mass is 9.76. The summed E-state index contributed by atoms with van der Waals surface area (Å²) in [4.78, 5) is 0. The molecule has 4 rings (SSSR count). The number of hydrogen-bond donors (Lipinski definition) is 1. The number of para-hydroxylation sites is 1. The Morgan fingerprint density at radius 3 is 2.68 bits per heavy atom. The fourth-order valence-electron chi connectivity index (χ4n) is 3.85. The van der Waals surface area contributed by atoms with Crippen molar-refractivity contribution in [2.45, 2.75) is 25.3 Å². The molecule has 112 valence electrons. The standard InChI is InChI=1S/C19H17Cl2N/c1-11-5-2-7-13-12-6-3-8-14(12)19(22-18(11)13)15-9-4-10-16(20)17(15)21/h2-7,9-10,12,14,19,22H,8H2,1H3/t12-,14+,19-/m0/s1. The van der Waals surface area contributed by atoms with Crippen molar-refractivity contribution in [1.29, 1.82) is 0 Å². The first-order chi connectivity index (χ1) is 10.7. The summed E-state index contributed by atoms with van der Waals surface area (Å²) in [5, 5.41) is 5.03. The van der Waals surface area contributed by atoms with Crippen LogP contribution in [0, 0.1) is 12.8 Å². The number of benzene rings is 2. The predicted octanol–water partition coefficient (Wildman–Crippen LogP) is 6.13. The summed E-state index contributed by atoms with van der Waals surface area (Å²) in [6, 6.07) is 12.6. The minimum atomic E-state index is 0.194. The van der Waals surface area contributed by atoms with Gasteiger partial charge in [0.2, 0.25) is 0 Å². The Morgan fingerprint density at radius 2 is 1.82 bits per heavy atom. The molecule has 1 aliphatic heterocycles. The molecule has 0 radical (unpaired) electrons. The highest BCUT2D eigenvalue weighted by molar-refractivity contribution is 6.42. The van der Waals surface area contributed by atoms with Crippen molar-refractivity contribution in [1.82, 2.24) is 0 Å². The lowest BCUT2D eigenvalue weighted by Gasteiger charge is -2.38. The zero-order chi connectivity index (χ0) is 15.3. The van der Waals surface area contributed by atoms with Gasteiger partial charge in [-0.2, -0.15) is 0 Å². The topological polar surface area (TPSA) is 12.0 Å². The lowest BCUT2D eigenvalue weighted by Crippen LogP contribution is -2.29. The van der Waals surface area contributed by atoms with E-state index in [1.807, 2.05) is 12.1 Å². The van der Waals surface area contributed by atoms with Crippen molar-refractivity contribution >= 4 is 28.9 Å². The fraction of sp³-hybridized carbons (Fsp3) is 0.263. The molecule has 0 fully saturated rings. The summed E-state index contributed by atoms with van der Waals surface area (Å²) >= 11 is 12.7. The molecule has 0 bridgehead atoms. The molecule has 3 atom stereocenters. The maximum Gasteiger partial charge on any atom is 0.0645 e. The Labute approximate surface area is 140 Å². The normalized spacial score (nSPS) is 25.5. The zero-order valence-corrected chi connectivity index (χ0v) is 13.8. The van der Waals surface area contributed by atoms with Gasteiger partial charge in [0, 0.05) is 11.6 Å². The van der Waals surface area contributed by atoms with E-state index in [0.717, 1.165) is 12.0 Å². The highest BCUT2D eigenvalue weighted by Gasteiger charge is 2.39. The van der Waals surface area contributed by atoms with E-state index in [-0.39, 0.29) is 6.04 Å². The molecule has 3 heteroatoms. The van der Waals surface area contributed by atoms with E-state index in [1.165, 1.54) is 16.8 Å². The van der Waals surface area contributed by atoms with Gasteiger partial charge in [-0.15, -0.1) is 0 Å². The Kier molecular flexibility index (Phi) is 3.43. The first kappa shape index (κ1) is 14.2. The number of aryl methyl sites for hydroxylation is 1. The van der Waals surface area contributed by atoms with Gasteiger partial charge in [0.05, 0.1) is 16.1 Å². The van der Waals surface area contributed by atoms with Crippen LogP contribution in [0.2, 0.25) is 10.0 Å². The van der Waals surface area contributed by atoms with Gasteiger partial charge in [0.15, 0.2) is 0 Å². The molecule has 1 nitrogen and oxygen atoms in total. The van der Waals surface area contributed by atoms with Gasteiger partial charge < -0.3 is 5.32 Å². The number of allylic oxidation sites excluding steroid dienone is 2.